The Kier molecular flexibility index (Phi) is 6.27. The van der Waals surface area contributed by atoms with Crippen LogP contribution < -0.4 is 4.74 Å². The molecule has 2 aliphatic rings. The van der Waals surface area contributed by atoms with Gasteiger partial charge in [-0.3, -0.25) is 9.59 Å². The van der Waals surface area contributed by atoms with Crippen LogP contribution in [0.25, 0.3) is 0 Å². The number of benzene rings is 1. The van der Waals surface area contributed by atoms with Gasteiger partial charge >= 0.3 is 5.97 Å². The molecular formula is C20H26ClNO5. The highest BCUT2D eigenvalue weighted by atomic mass is 35.5. The molecule has 27 heavy (non-hydrogen) atoms. The van der Waals surface area contributed by atoms with E-state index >= 15 is 0 Å². The molecule has 0 spiro atoms. The van der Waals surface area contributed by atoms with E-state index in [0.29, 0.717) is 36.9 Å². The molecule has 1 amide bonds. The molecule has 0 radical (unpaired) electrons. The number of carbonyl (C=O) groups excluding carboxylic acids is 1. The van der Waals surface area contributed by atoms with Gasteiger partial charge in [0.15, 0.2) is 6.61 Å². The molecule has 2 aliphatic heterocycles. The van der Waals surface area contributed by atoms with Crippen LogP contribution in [0.2, 0.25) is 5.02 Å². The van der Waals surface area contributed by atoms with Gasteiger partial charge in [-0.1, -0.05) is 11.6 Å². The molecule has 1 aromatic rings. The van der Waals surface area contributed by atoms with Crippen molar-refractivity contribution in [3.63, 3.8) is 0 Å². The molecule has 6 nitrogen and oxygen atoms in total. The minimum atomic E-state index is -0.780. The molecule has 7 heteroatoms. The van der Waals surface area contributed by atoms with Gasteiger partial charge in [0.25, 0.3) is 5.91 Å². The van der Waals surface area contributed by atoms with E-state index in [2.05, 4.69) is 0 Å². The highest BCUT2D eigenvalue weighted by molar-refractivity contribution is 6.32. The maximum absolute atomic E-state index is 12.5. The molecule has 1 N–H and O–H groups in total. The van der Waals surface area contributed by atoms with Gasteiger partial charge in [-0.15, -0.1) is 0 Å². The molecular weight excluding hydrogens is 370 g/mol. The molecule has 2 saturated heterocycles. The fourth-order valence-corrected chi connectivity index (χ4v) is 4.15. The molecule has 2 atom stereocenters. The van der Waals surface area contributed by atoms with E-state index in [0.717, 1.165) is 24.0 Å². The van der Waals surface area contributed by atoms with Crippen molar-refractivity contribution in [3.05, 3.63) is 28.3 Å². The summed E-state index contributed by atoms with van der Waals surface area (Å²) in [5.41, 5.74) is 1.84. The van der Waals surface area contributed by atoms with E-state index in [-0.39, 0.29) is 24.5 Å². The summed E-state index contributed by atoms with van der Waals surface area (Å²) in [5, 5.41) is 10.0. The van der Waals surface area contributed by atoms with Gasteiger partial charge in [-0.25, -0.2) is 0 Å². The predicted octanol–water partition coefficient (Wildman–Crippen LogP) is 3.06. The molecule has 0 aromatic heterocycles. The Morgan fingerprint density at radius 3 is 2.44 bits per heavy atom. The Morgan fingerprint density at radius 2 is 1.85 bits per heavy atom. The van der Waals surface area contributed by atoms with Gasteiger partial charge in [0, 0.05) is 24.7 Å². The predicted molar refractivity (Wildman–Crippen MR) is 101 cm³/mol. The van der Waals surface area contributed by atoms with Crippen LogP contribution in [-0.2, 0) is 14.3 Å². The Bertz CT molecular complexity index is 691. The number of amides is 1. The van der Waals surface area contributed by atoms with Crippen molar-refractivity contribution in [2.24, 2.45) is 11.8 Å². The monoisotopic (exact) mass is 395 g/mol. The van der Waals surface area contributed by atoms with Gasteiger partial charge in [0.2, 0.25) is 0 Å². The SMILES string of the molecule is Cc1cc(OCC(=O)N2CCC([C@@H]3OCCC3C(=O)O)CC2)cc(C)c1Cl. The first-order chi connectivity index (χ1) is 12.9. The van der Waals surface area contributed by atoms with Crippen molar-refractivity contribution in [1.29, 1.82) is 0 Å². The second kappa shape index (κ2) is 8.48. The minimum absolute atomic E-state index is 0.0111. The summed E-state index contributed by atoms with van der Waals surface area (Å²) in [7, 11) is 0. The first-order valence-electron chi connectivity index (χ1n) is 9.38. The fraction of sp³-hybridized carbons (Fsp3) is 0.600. The molecule has 2 fully saturated rings. The van der Waals surface area contributed by atoms with E-state index in [1.807, 2.05) is 26.0 Å². The smallest absolute Gasteiger partial charge is 0.309 e. The third-order valence-corrected chi connectivity index (χ3v) is 6.18. The number of aryl methyl sites for hydroxylation is 2. The lowest BCUT2D eigenvalue weighted by atomic mass is 9.84. The van der Waals surface area contributed by atoms with E-state index in [1.54, 1.807) is 4.90 Å². The average Bonchev–Trinajstić information content (AvgIpc) is 3.14. The van der Waals surface area contributed by atoms with Gasteiger partial charge in [0.1, 0.15) is 5.75 Å². The highest BCUT2D eigenvalue weighted by Gasteiger charge is 2.40. The van der Waals surface area contributed by atoms with E-state index in [9.17, 15) is 14.7 Å². The maximum atomic E-state index is 12.5. The van der Waals surface area contributed by atoms with Crippen LogP contribution in [0.1, 0.15) is 30.4 Å². The molecule has 2 heterocycles. The van der Waals surface area contributed by atoms with Crippen molar-refractivity contribution >= 4 is 23.5 Å². The Balaban J connectivity index is 1.49. The lowest BCUT2D eigenvalue weighted by molar-refractivity contribution is -0.146. The standard InChI is InChI=1S/C20H26ClNO5/c1-12-9-15(10-13(2)18(12)21)27-11-17(23)22-6-3-14(4-7-22)19-16(20(24)25)5-8-26-19/h9-10,14,16,19H,3-8,11H2,1-2H3,(H,24,25)/t16?,19-/m0/s1. The van der Waals surface area contributed by atoms with Crippen LogP contribution in [0, 0.1) is 25.7 Å². The highest BCUT2D eigenvalue weighted by Crippen LogP contribution is 2.33. The van der Waals surface area contributed by atoms with E-state index in [4.69, 9.17) is 21.1 Å². The average molecular weight is 396 g/mol. The Hall–Kier alpha value is -1.79. The summed E-state index contributed by atoms with van der Waals surface area (Å²) in [6.07, 6.45) is 1.88. The summed E-state index contributed by atoms with van der Waals surface area (Å²) >= 11 is 6.15. The molecule has 1 unspecified atom stereocenters. The van der Waals surface area contributed by atoms with Crippen molar-refractivity contribution in [3.8, 4) is 5.75 Å². The number of halogens is 1. The summed E-state index contributed by atoms with van der Waals surface area (Å²) in [5.74, 6) is -0.419. The van der Waals surface area contributed by atoms with Crippen molar-refractivity contribution in [1.82, 2.24) is 4.90 Å². The number of ether oxygens (including phenoxy) is 2. The van der Waals surface area contributed by atoms with Gasteiger partial charge in [0.05, 0.1) is 12.0 Å². The topological polar surface area (TPSA) is 76.1 Å². The van der Waals surface area contributed by atoms with E-state index in [1.165, 1.54) is 0 Å². The number of carboxylic acids is 1. The van der Waals surface area contributed by atoms with Crippen LogP contribution in [0.4, 0.5) is 0 Å². The Morgan fingerprint density at radius 1 is 1.22 bits per heavy atom. The van der Waals surface area contributed by atoms with Crippen LogP contribution in [0.15, 0.2) is 12.1 Å². The number of likely N-dealkylation sites (tertiary alicyclic amines) is 1. The number of carboxylic acid groups (broad SMARTS) is 1. The first-order valence-corrected chi connectivity index (χ1v) is 9.76. The lowest BCUT2D eigenvalue weighted by Gasteiger charge is -2.35. The third kappa shape index (κ3) is 4.55. The quantitative estimate of drug-likeness (QED) is 0.829. The third-order valence-electron chi connectivity index (χ3n) is 5.58. The summed E-state index contributed by atoms with van der Waals surface area (Å²) in [6, 6.07) is 3.66. The normalized spacial score (nSPS) is 23.4. The molecule has 1 aromatic carbocycles. The fourth-order valence-electron chi connectivity index (χ4n) is 4.04. The van der Waals surface area contributed by atoms with Gasteiger partial charge < -0.3 is 19.5 Å². The van der Waals surface area contributed by atoms with Crippen molar-refractivity contribution in [2.45, 2.75) is 39.2 Å². The van der Waals surface area contributed by atoms with Crippen LogP contribution in [0.3, 0.4) is 0 Å². The number of nitrogens with zero attached hydrogens (tertiary/aromatic N) is 1. The molecule has 3 rings (SSSR count). The van der Waals surface area contributed by atoms with Crippen molar-refractivity contribution < 1.29 is 24.2 Å². The summed E-state index contributed by atoms with van der Waals surface area (Å²) < 4.78 is 11.3. The van der Waals surface area contributed by atoms with E-state index < -0.39 is 11.9 Å². The second-order valence-electron chi connectivity index (χ2n) is 7.45. The zero-order chi connectivity index (χ0) is 19.6. The zero-order valence-corrected chi connectivity index (χ0v) is 16.5. The largest absolute Gasteiger partial charge is 0.484 e. The van der Waals surface area contributed by atoms with Gasteiger partial charge in [-0.2, -0.15) is 0 Å². The van der Waals surface area contributed by atoms with Crippen LogP contribution in [-0.4, -0.2) is 54.3 Å². The summed E-state index contributed by atoms with van der Waals surface area (Å²) in [6.45, 7) is 5.53. The maximum Gasteiger partial charge on any atom is 0.309 e. The number of piperidine rings is 1. The number of carbonyl (C=O) groups is 2. The molecule has 148 valence electrons. The molecule has 0 aliphatic carbocycles. The number of aliphatic carboxylic acids is 1. The van der Waals surface area contributed by atoms with Crippen LogP contribution >= 0.6 is 11.6 Å². The number of hydrogen-bond acceptors (Lipinski definition) is 4. The molecule has 0 bridgehead atoms. The minimum Gasteiger partial charge on any atom is -0.484 e. The summed E-state index contributed by atoms with van der Waals surface area (Å²) in [4.78, 5) is 25.6. The van der Waals surface area contributed by atoms with Crippen LogP contribution in [0.5, 0.6) is 5.75 Å². The zero-order valence-electron chi connectivity index (χ0n) is 15.7. The second-order valence-corrected chi connectivity index (χ2v) is 7.82. The lowest BCUT2D eigenvalue weighted by Crippen LogP contribution is -2.44. The van der Waals surface area contributed by atoms with Crippen molar-refractivity contribution in [2.75, 3.05) is 26.3 Å². The van der Waals surface area contributed by atoms with Gasteiger partial charge in [-0.05, 0) is 62.3 Å². The first kappa shape index (κ1) is 20.0. The number of hydrogen-bond donors (Lipinski definition) is 1. The molecule has 0 saturated carbocycles. The Labute approximate surface area is 164 Å². The number of rotatable bonds is 5.